The summed E-state index contributed by atoms with van der Waals surface area (Å²) in [5.41, 5.74) is 0. The van der Waals surface area contributed by atoms with Gasteiger partial charge in [-0.15, -0.1) is 11.3 Å². The van der Waals surface area contributed by atoms with Crippen molar-refractivity contribution >= 4 is 47.1 Å². The van der Waals surface area contributed by atoms with Crippen LogP contribution in [0.4, 0.5) is 0 Å². The van der Waals surface area contributed by atoms with E-state index >= 15 is 0 Å². The zero-order chi connectivity index (χ0) is 19.7. The average molecular weight is 493 g/mol. The molecule has 2 aromatic rings. The Morgan fingerprint density at radius 2 is 1.52 bits per heavy atom. The average Bonchev–Trinajstić information content (AvgIpc) is 3.07. The molecule has 0 N–H and O–H groups in total. The molecule has 3 rings (SSSR count). The molecule has 1 aromatic heterocycles. The highest BCUT2D eigenvalue weighted by atomic mass is 79.9. The molecule has 0 radical (unpaired) electrons. The van der Waals surface area contributed by atoms with E-state index in [0.717, 1.165) is 10.3 Å². The first-order valence-corrected chi connectivity index (χ1v) is 13.2. The first-order chi connectivity index (χ1) is 12.7. The van der Waals surface area contributed by atoms with Crippen molar-refractivity contribution in [2.45, 2.75) is 23.3 Å². The van der Waals surface area contributed by atoms with Crippen LogP contribution in [-0.2, 0) is 26.4 Å². The van der Waals surface area contributed by atoms with Crippen LogP contribution in [0.2, 0.25) is 0 Å². The molecule has 1 aromatic carbocycles. The fraction of sp³-hybridized carbons (Fsp3) is 0.412. The molecule has 0 saturated carbocycles. The first kappa shape index (κ1) is 20.9. The van der Waals surface area contributed by atoms with Gasteiger partial charge in [0.05, 0.1) is 19.3 Å². The molecule has 0 amide bonds. The van der Waals surface area contributed by atoms with Gasteiger partial charge in [-0.25, -0.2) is 16.8 Å². The molecule has 0 bridgehead atoms. The van der Waals surface area contributed by atoms with E-state index in [1.54, 1.807) is 18.3 Å². The second-order valence-corrected chi connectivity index (χ2v) is 13.0. The van der Waals surface area contributed by atoms with Gasteiger partial charge >= 0.3 is 0 Å². The number of sulfone groups is 1. The fourth-order valence-electron chi connectivity index (χ4n) is 2.92. The zero-order valence-corrected chi connectivity index (χ0v) is 18.9. The van der Waals surface area contributed by atoms with Crippen molar-refractivity contribution in [2.24, 2.45) is 0 Å². The van der Waals surface area contributed by atoms with Crippen LogP contribution in [0.1, 0.15) is 11.8 Å². The largest absolute Gasteiger partial charge is 0.296 e. The van der Waals surface area contributed by atoms with Gasteiger partial charge in [0, 0.05) is 37.6 Å². The van der Waals surface area contributed by atoms with E-state index in [-0.39, 0.29) is 15.5 Å². The summed E-state index contributed by atoms with van der Waals surface area (Å²) in [5, 5.41) is 0. The summed E-state index contributed by atoms with van der Waals surface area (Å²) in [6.07, 6.45) is 0. The highest BCUT2D eigenvalue weighted by molar-refractivity contribution is 9.11. The van der Waals surface area contributed by atoms with E-state index in [1.807, 2.05) is 6.07 Å². The highest BCUT2D eigenvalue weighted by Crippen LogP contribution is 2.25. The third-order valence-electron chi connectivity index (χ3n) is 4.54. The second kappa shape index (κ2) is 8.30. The summed E-state index contributed by atoms with van der Waals surface area (Å²) in [6, 6.07) is 9.60. The van der Waals surface area contributed by atoms with Gasteiger partial charge in [0.1, 0.15) is 0 Å². The van der Waals surface area contributed by atoms with E-state index in [4.69, 9.17) is 0 Å². The molecular weight excluding hydrogens is 472 g/mol. The quantitative estimate of drug-likeness (QED) is 0.619. The molecule has 10 heteroatoms. The van der Waals surface area contributed by atoms with Crippen LogP contribution in [0.3, 0.4) is 0 Å². The minimum absolute atomic E-state index is 0.0120. The fourth-order valence-corrected chi connectivity index (χ4v) is 6.75. The van der Waals surface area contributed by atoms with Crippen LogP contribution >= 0.6 is 27.3 Å². The van der Waals surface area contributed by atoms with Gasteiger partial charge in [-0.2, -0.15) is 4.31 Å². The van der Waals surface area contributed by atoms with Gasteiger partial charge in [0.25, 0.3) is 0 Å². The lowest BCUT2D eigenvalue weighted by molar-refractivity contribution is 0.183. The summed E-state index contributed by atoms with van der Waals surface area (Å²) < 4.78 is 52.0. The monoisotopic (exact) mass is 492 g/mol. The van der Waals surface area contributed by atoms with Crippen LogP contribution in [0.25, 0.3) is 0 Å². The van der Waals surface area contributed by atoms with Crippen molar-refractivity contribution in [3.05, 3.63) is 45.1 Å². The van der Waals surface area contributed by atoms with Crippen molar-refractivity contribution in [1.29, 1.82) is 0 Å². The Kier molecular flexibility index (Phi) is 6.44. The summed E-state index contributed by atoms with van der Waals surface area (Å²) in [7, 11) is -6.95. The van der Waals surface area contributed by atoms with E-state index in [0.29, 0.717) is 26.2 Å². The van der Waals surface area contributed by atoms with Crippen molar-refractivity contribution in [1.82, 2.24) is 9.21 Å². The van der Waals surface area contributed by atoms with E-state index in [2.05, 4.69) is 26.9 Å². The minimum atomic E-state index is -3.62. The Bertz CT molecular complexity index is 993. The zero-order valence-electron chi connectivity index (χ0n) is 14.8. The molecule has 6 nitrogen and oxygen atoms in total. The Morgan fingerprint density at radius 1 is 0.926 bits per heavy atom. The summed E-state index contributed by atoms with van der Waals surface area (Å²) >= 11 is 5.14. The maximum absolute atomic E-state index is 12.8. The SMILES string of the molecule is CCS(=O)(=O)c1ccc(S(=O)(=O)N2CCN(Cc3ccc(Br)s3)CC2)cc1. The molecule has 0 spiro atoms. The van der Waals surface area contributed by atoms with Gasteiger partial charge < -0.3 is 0 Å². The first-order valence-electron chi connectivity index (χ1n) is 8.52. The van der Waals surface area contributed by atoms with Gasteiger partial charge in [-0.3, -0.25) is 4.90 Å². The van der Waals surface area contributed by atoms with E-state index < -0.39 is 19.9 Å². The molecule has 27 heavy (non-hydrogen) atoms. The summed E-state index contributed by atoms with van der Waals surface area (Å²) in [4.78, 5) is 3.76. The number of hydrogen-bond acceptors (Lipinski definition) is 6. The lowest BCUT2D eigenvalue weighted by atomic mass is 10.3. The van der Waals surface area contributed by atoms with E-state index in [9.17, 15) is 16.8 Å². The molecule has 2 heterocycles. The number of sulfonamides is 1. The number of halogens is 1. The Hall–Kier alpha value is -0.780. The third-order valence-corrected chi connectivity index (χ3v) is 9.81. The minimum Gasteiger partial charge on any atom is -0.296 e. The van der Waals surface area contributed by atoms with Crippen molar-refractivity contribution in [2.75, 3.05) is 31.9 Å². The molecule has 0 aliphatic carbocycles. The molecule has 0 unspecified atom stereocenters. The number of nitrogens with zero attached hydrogens (tertiary/aromatic N) is 2. The highest BCUT2D eigenvalue weighted by Gasteiger charge is 2.29. The lowest BCUT2D eigenvalue weighted by Crippen LogP contribution is -2.48. The van der Waals surface area contributed by atoms with Crippen LogP contribution in [0.5, 0.6) is 0 Å². The van der Waals surface area contributed by atoms with Gasteiger partial charge in [0.2, 0.25) is 10.0 Å². The Balaban J connectivity index is 1.66. The van der Waals surface area contributed by atoms with Crippen LogP contribution in [0.15, 0.2) is 50.0 Å². The number of rotatable bonds is 6. The van der Waals surface area contributed by atoms with Crippen molar-refractivity contribution in [3.8, 4) is 0 Å². The predicted molar refractivity (Wildman–Crippen MR) is 110 cm³/mol. The van der Waals surface area contributed by atoms with Crippen molar-refractivity contribution < 1.29 is 16.8 Å². The summed E-state index contributed by atoms with van der Waals surface area (Å²) in [6.45, 7) is 4.55. The van der Waals surface area contributed by atoms with Crippen LogP contribution in [-0.4, -0.2) is 58.0 Å². The molecule has 0 atom stereocenters. The second-order valence-electron chi connectivity index (χ2n) is 6.26. The molecular formula is C17H21BrN2O4S3. The number of benzene rings is 1. The standard InChI is InChI=1S/C17H21BrN2O4S3/c1-2-26(21,22)15-4-6-16(7-5-15)27(23,24)20-11-9-19(10-12-20)13-14-3-8-17(18)25-14/h3-8H,2,9-13H2,1H3. The molecule has 1 saturated heterocycles. The van der Waals surface area contributed by atoms with Gasteiger partial charge in [-0.1, -0.05) is 6.92 Å². The topological polar surface area (TPSA) is 74.8 Å². The number of hydrogen-bond donors (Lipinski definition) is 0. The van der Waals surface area contributed by atoms with Gasteiger partial charge in [-0.05, 0) is 52.3 Å². The van der Waals surface area contributed by atoms with Crippen LogP contribution < -0.4 is 0 Å². The predicted octanol–water partition coefficient (Wildman–Crippen LogP) is 2.81. The summed E-state index contributed by atoms with van der Waals surface area (Å²) in [5.74, 6) is -0.0120. The maximum Gasteiger partial charge on any atom is 0.243 e. The lowest BCUT2D eigenvalue weighted by Gasteiger charge is -2.33. The molecule has 1 aliphatic heterocycles. The number of piperazine rings is 1. The maximum atomic E-state index is 12.8. The molecule has 1 fully saturated rings. The smallest absolute Gasteiger partial charge is 0.243 e. The Labute approximate surface area is 172 Å². The van der Waals surface area contributed by atoms with Crippen LogP contribution in [0, 0.1) is 0 Å². The van der Waals surface area contributed by atoms with Gasteiger partial charge in [0.15, 0.2) is 9.84 Å². The number of thiophene rings is 1. The molecule has 148 valence electrons. The van der Waals surface area contributed by atoms with Crippen molar-refractivity contribution in [3.63, 3.8) is 0 Å². The van der Waals surface area contributed by atoms with E-state index in [1.165, 1.54) is 33.4 Å². The molecule has 1 aliphatic rings. The third kappa shape index (κ3) is 4.80. The Morgan fingerprint density at radius 3 is 2.04 bits per heavy atom. The normalized spacial score (nSPS) is 17.3.